The van der Waals surface area contributed by atoms with Crippen LogP contribution >= 0.6 is 0 Å². The minimum absolute atomic E-state index is 0.0175. The van der Waals surface area contributed by atoms with Crippen molar-refractivity contribution in [2.45, 2.75) is 63.0 Å². The average Bonchev–Trinajstić information content (AvgIpc) is 3.01. The van der Waals surface area contributed by atoms with Crippen molar-refractivity contribution < 1.29 is 4.84 Å². The first-order valence-corrected chi connectivity index (χ1v) is 8.89. The molecule has 1 spiro atoms. The fourth-order valence-corrected chi connectivity index (χ4v) is 4.32. The molecule has 1 aliphatic carbocycles. The third-order valence-corrected chi connectivity index (χ3v) is 5.75. The highest BCUT2D eigenvalue weighted by Gasteiger charge is 2.43. The maximum atomic E-state index is 5.95. The molecule has 0 atom stereocenters. The van der Waals surface area contributed by atoms with Crippen LogP contribution in [0, 0.1) is 0 Å². The molecule has 0 radical (unpaired) electrons. The van der Waals surface area contributed by atoms with E-state index in [1.807, 2.05) is 0 Å². The number of hydrogen-bond donors (Lipinski definition) is 0. The zero-order valence-electron chi connectivity index (χ0n) is 13.3. The van der Waals surface area contributed by atoms with Crippen molar-refractivity contribution in [3.63, 3.8) is 0 Å². The third-order valence-electron chi connectivity index (χ3n) is 5.75. The first-order chi connectivity index (χ1) is 10.8. The van der Waals surface area contributed by atoms with Crippen molar-refractivity contribution in [3.8, 4) is 0 Å². The summed E-state index contributed by atoms with van der Waals surface area (Å²) in [5, 5.41) is 4.42. The van der Waals surface area contributed by atoms with Crippen LogP contribution in [-0.2, 0) is 4.84 Å². The van der Waals surface area contributed by atoms with E-state index in [2.05, 4.69) is 40.4 Å². The predicted octanol–water partition coefficient (Wildman–Crippen LogP) is 3.98. The molecule has 2 heterocycles. The second-order valence-corrected chi connectivity index (χ2v) is 7.18. The molecule has 0 N–H and O–H groups in total. The third kappa shape index (κ3) is 2.79. The Bertz CT molecular complexity index is 526. The second kappa shape index (κ2) is 6.04. The van der Waals surface area contributed by atoms with Gasteiger partial charge in [0.25, 0.3) is 0 Å². The SMILES string of the molecule is c1ccc(C2=NOC3(CCN(C4CCCCC4)CC3)C2)cc1. The van der Waals surface area contributed by atoms with Gasteiger partial charge in [-0.1, -0.05) is 54.8 Å². The molecule has 22 heavy (non-hydrogen) atoms. The van der Waals surface area contributed by atoms with Crippen molar-refractivity contribution in [2.24, 2.45) is 5.16 Å². The Balaban J connectivity index is 1.36. The number of likely N-dealkylation sites (tertiary alicyclic amines) is 1. The lowest BCUT2D eigenvalue weighted by molar-refractivity contribution is -0.0698. The lowest BCUT2D eigenvalue weighted by atomic mass is 9.84. The molecule has 0 bridgehead atoms. The molecule has 0 amide bonds. The lowest BCUT2D eigenvalue weighted by Crippen LogP contribution is -2.48. The van der Waals surface area contributed by atoms with E-state index in [4.69, 9.17) is 4.84 Å². The van der Waals surface area contributed by atoms with Gasteiger partial charge in [0.1, 0.15) is 5.60 Å². The molecule has 1 saturated heterocycles. The van der Waals surface area contributed by atoms with Crippen molar-refractivity contribution in [2.75, 3.05) is 13.1 Å². The normalized spacial score (nSPS) is 25.9. The van der Waals surface area contributed by atoms with Crippen LogP contribution in [0.4, 0.5) is 0 Å². The highest BCUT2D eigenvalue weighted by Crippen LogP contribution is 2.37. The molecular weight excluding hydrogens is 272 g/mol. The zero-order chi connectivity index (χ0) is 14.8. The summed E-state index contributed by atoms with van der Waals surface area (Å²) in [7, 11) is 0. The van der Waals surface area contributed by atoms with E-state index in [0.717, 1.165) is 31.0 Å². The molecule has 1 aromatic carbocycles. The summed E-state index contributed by atoms with van der Waals surface area (Å²) in [6, 6.07) is 11.3. The Hall–Kier alpha value is -1.35. The van der Waals surface area contributed by atoms with Gasteiger partial charge in [-0.15, -0.1) is 0 Å². The molecule has 0 aromatic heterocycles. The van der Waals surface area contributed by atoms with Gasteiger partial charge >= 0.3 is 0 Å². The van der Waals surface area contributed by atoms with Gasteiger partial charge in [-0.05, 0) is 18.4 Å². The smallest absolute Gasteiger partial charge is 0.145 e. The highest BCUT2D eigenvalue weighted by molar-refractivity contribution is 6.01. The van der Waals surface area contributed by atoms with Crippen LogP contribution in [0.1, 0.15) is 56.9 Å². The maximum Gasteiger partial charge on any atom is 0.145 e. The van der Waals surface area contributed by atoms with Crippen molar-refractivity contribution in [1.29, 1.82) is 0 Å². The van der Waals surface area contributed by atoms with Gasteiger partial charge in [0.2, 0.25) is 0 Å². The fourth-order valence-electron chi connectivity index (χ4n) is 4.32. The molecule has 0 unspecified atom stereocenters. The summed E-state index contributed by atoms with van der Waals surface area (Å²) in [5.41, 5.74) is 2.33. The van der Waals surface area contributed by atoms with Crippen molar-refractivity contribution >= 4 is 5.71 Å². The van der Waals surface area contributed by atoms with E-state index < -0.39 is 0 Å². The molecule has 3 aliphatic rings. The van der Waals surface area contributed by atoms with Crippen LogP contribution < -0.4 is 0 Å². The van der Waals surface area contributed by atoms with E-state index in [-0.39, 0.29) is 5.60 Å². The Morgan fingerprint density at radius 2 is 1.73 bits per heavy atom. The highest BCUT2D eigenvalue weighted by atomic mass is 16.7. The number of rotatable bonds is 2. The average molecular weight is 298 g/mol. The van der Waals surface area contributed by atoms with E-state index in [1.54, 1.807) is 0 Å². The minimum Gasteiger partial charge on any atom is -0.388 e. The number of nitrogens with zero attached hydrogens (tertiary/aromatic N) is 2. The van der Waals surface area contributed by atoms with Crippen LogP contribution in [0.5, 0.6) is 0 Å². The number of hydrogen-bond acceptors (Lipinski definition) is 3. The van der Waals surface area contributed by atoms with E-state index in [0.29, 0.717) is 0 Å². The summed E-state index contributed by atoms with van der Waals surface area (Å²) < 4.78 is 0. The summed E-state index contributed by atoms with van der Waals surface area (Å²) in [5.74, 6) is 0. The summed E-state index contributed by atoms with van der Waals surface area (Å²) >= 11 is 0. The van der Waals surface area contributed by atoms with Crippen LogP contribution in [0.15, 0.2) is 35.5 Å². The van der Waals surface area contributed by atoms with Gasteiger partial charge in [-0.25, -0.2) is 0 Å². The Morgan fingerprint density at radius 3 is 2.45 bits per heavy atom. The predicted molar refractivity (Wildman–Crippen MR) is 89.1 cm³/mol. The summed E-state index contributed by atoms with van der Waals surface area (Å²) in [4.78, 5) is 8.66. The quantitative estimate of drug-likeness (QED) is 0.825. The molecular formula is C19H26N2O. The molecule has 1 saturated carbocycles. The second-order valence-electron chi connectivity index (χ2n) is 7.18. The van der Waals surface area contributed by atoms with Gasteiger partial charge < -0.3 is 9.74 Å². The largest absolute Gasteiger partial charge is 0.388 e. The molecule has 118 valence electrons. The van der Waals surface area contributed by atoms with E-state index >= 15 is 0 Å². The minimum atomic E-state index is -0.0175. The van der Waals surface area contributed by atoms with Gasteiger partial charge in [-0.2, -0.15) is 0 Å². The Kier molecular flexibility index (Phi) is 3.91. The number of piperidine rings is 1. The van der Waals surface area contributed by atoms with Gasteiger partial charge in [0.15, 0.2) is 0 Å². The van der Waals surface area contributed by atoms with Gasteiger partial charge in [-0.3, -0.25) is 0 Å². The van der Waals surface area contributed by atoms with Crippen LogP contribution in [-0.4, -0.2) is 35.3 Å². The fraction of sp³-hybridized carbons (Fsp3) is 0.632. The monoisotopic (exact) mass is 298 g/mol. The first kappa shape index (κ1) is 14.3. The molecule has 3 heteroatoms. The molecule has 4 rings (SSSR count). The van der Waals surface area contributed by atoms with Crippen molar-refractivity contribution in [1.82, 2.24) is 4.90 Å². The maximum absolute atomic E-state index is 5.95. The molecule has 2 fully saturated rings. The molecule has 2 aliphatic heterocycles. The first-order valence-electron chi connectivity index (χ1n) is 8.89. The lowest BCUT2D eigenvalue weighted by Gasteiger charge is -2.42. The molecule has 3 nitrogen and oxygen atoms in total. The summed E-state index contributed by atoms with van der Waals surface area (Å²) in [6.07, 6.45) is 10.3. The molecule has 1 aromatic rings. The van der Waals surface area contributed by atoms with E-state index in [9.17, 15) is 0 Å². The summed E-state index contributed by atoms with van der Waals surface area (Å²) in [6.45, 7) is 2.37. The number of oxime groups is 1. The van der Waals surface area contributed by atoms with Crippen LogP contribution in [0.25, 0.3) is 0 Å². The van der Waals surface area contributed by atoms with E-state index in [1.165, 1.54) is 50.8 Å². The zero-order valence-corrected chi connectivity index (χ0v) is 13.3. The van der Waals surface area contributed by atoms with Gasteiger partial charge in [0, 0.05) is 38.4 Å². The standard InChI is InChI=1S/C19H26N2O/c1-3-7-16(8-4-1)18-15-19(22-20-18)11-13-21(14-12-19)17-9-5-2-6-10-17/h1,3-4,7-8,17H,2,5-6,9-15H2. The van der Waals surface area contributed by atoms with Gasteiger partial charge in [0.05, 0.1) is 5.71 Å². The van der Waals surface area contributed by atoms with Crippen LogP contribution in [0.3, 0.4) is 0 Å². The van der Waals surface area contributed by atoms with Crippen LogP contribution in [0.2, 0.25) is 0 Å². The Morgan fingerprint density at radius 1 is 1.00 bits per heavy atom. The number of benzene rings is 1. The topological polar surface area (TPSA) is 24.8 Å². The van der Waals surface area contributed by atoms with Crippen molar-refractivity contribution in [3.05, 3.63) is 35.9 Å². The Labute approximate surface area is 133 Å².